The number of carboxylic acid groups (broad SMARTS) is 1. The van der Waals surface area contributed by atoms with E-state index in [2.05, 4.69) is 4.74 Å². The molecule has 0 bridgehead atoms. The first-order valence-electron chi connectivity index (χ1n) is 7.87. The highest BCUT2D eigenvalue weighted by atomic mass is 16.6. The molecule has 3 N–H and O–H groups in total. The number of esters is 1. The molecule has 0 saturated heterocycles. The van der Waals surface area contributed by atoms with Crippen LogP contribution in [-0.4, -0.2) is 49.2 Å². The second-order valence-electron chi connectivity index (χ2n) is 5.21. The molecule has 1 aromatic rings. The summed E-state index contributed by atoms with van der Waals surface area (Å²) in [5.41, 5.74) is 5.71. The zero-order valence-corrected chi connectivity index (χ0v) is 14.3. The van der Waals surface area contributed by atoms with E-state index in [0.717, 1.165) is 0 Å². The fourth-order valence-corrected chi connectivity index (χ4v) is 1.90. The molecule has 0 spiro atoms. The summed E-state index contributed by atoms with van der Waals surface area (Å²) in [5, 5.41) is 8.50. The number of carbonyl (C=O) groups excluding carboxylic acids is 2. The first-order valence-corrected chi connectivity index (χ1v) is 7.87. The zero-order chi connectivity index (χ0) is 18.8. The number of ether oxygens (including phenoxy) is 3. The van der Waals surface area contributed by atoms with Gasteiger partial charge in [-0.3, -0.25) is 14.4 Å². The number of carbonyl (C=O) groups is 3. The number of rotatable bonds is 6. The number of hydrogen-bond donors (Lipinski definition) is 2. The quantitative estimate of drug-likeness (QED) is 0.581. The van der Waals surface area contributed by atoms with Gasteiger partial charge in [-0.25, -0.2) is 0 Å². The summed E-state index contributed by atoms with van der Waals surface area (Å²) in [6, 6.07) is 4.44. The summed E-state index contributed by atoms with van der Waals surface area (Å²) in [6.45, 7) is 2.79. The highest BCUT2D eigenvalue weighted by Gasteiger charge is 2.15. The molecule has 0 aromatic heterocycles. The molecule has 1 aliphatic heterocycles. The first-order chi connectivity index (χ1) is 11.9. The van der Waals surface area contributed by atoms with Crippen molar-refractivity contribution in [3.8, 4) is 11.5 Å². The molecular formula is C17H23NO7. The van der Waals surface area contributed by atoms with Crippen LogP contribution in [0.5, 0.6) is 11.5 Å². The molecule has 0 saturated carbocycles. The highest BCUT2D eigenvalue weighted by molar-refractivity contribution is 5.98. The maximum Gasteiger partial charge on any atom is 0.322 e. The first kappa shape index (κ1) is 20.4. The van der Waals surface area contributed by atoms with Gasteiger partial charge in [-0.15, -0.1) is 0 Å². The van der Waals surface area contributed by atoms with Crippen molar-refractivity contribution in [2.24, 2.45) is 5.73 Å². The number of ketones is 1. The van der Waals surface area contributed by atoms with Crippen LogP contribution in [-0.2, 0) is 14.3 Å². The summed E-state index contributed by atoms with van der Waals surface area (Å²) in [4.78, 5) is 32.4. The molecule has 1 heterocycles. The van der Waals surface area contributed by atoms with E-state index in [0.29, 0.717) is 36.7 Å². The van der Waals surface area contributed by atoms with E-state index < -0.39 is 12.0 Å². The Morgan fingerprint density at radius 3 is 2.36 bits per heavy atom. The van der Waals surface area contributed by atoms with Gasteiger partial charge in [-0.05, 0) is 24.6 Å². The zero-order valence-electron chi connectivity index (χ0n) is 14.3. The maximum absolute atomic E-state index is 11.7. The van der Waals surface area contributed by atoms with Crippen molar-refractivity contribution in [3.63, 3.8) is 0 Å². The van der Waals surface area contributed by atoms with Crippen LogP contribution in [0.2, 0.25) is 0 Å². The van der Waals surface area contributed by atoms with Crippen LogP contribution < -0.4 is 15.2 Å². The Kier molecular flexibility index (Phi) is 8.42. The third-order valence-corrected chi connectivity index (χ3v) is 3.37. The van der Waals surface area contributed by atoms with Crippen molar-refractivity contribution in [3.05, 3.63) is 23.8 Å². The van der Waals surface area contributed by atoms with Gasteiger partial charge in [0.2, 0.25) is 0 Å². The lowest BCUT2D eigenvalue weighted by Crippen LogP contribution is -2.30. The molecule has 0 amide bonds. The van der Waals surface area contributed by atoms with Gasteiger partial charge >= 0.3 is 11.9 Å². The van der Waals surface area contributed by atoms with E-state index in [4.69, 9.17) is 20.3 Å². The molecular weight excluding hydrogens is 330 g/mol. The smallest absolute Gasteiger partial charge is 0.322 e. The monoisotopic (exact) mass is 353 g/mol. The number of fused-ring (bicyclic) bond motifs is 1. The minimum Gasteiger partial charge on any atom is -0.486 e. The lowest BCUT2D eigenvalue weighted by molar-refractivity contribution is -0.142. The molecule has 138 valence electrons. The Morgan fingerprint density at radius 2 is 1.84 bits per heavy atom. The van der Waals surface area contributed by atoms with Crippen molar-refractivity contribution in [2.75, 3.05) is 20.3 Å². The van der Waals surface area contributed by atoms with Crippen molar-refractivity contribution >= 4 is 17.7 Å². The average Bonchev–Trinajstić information content (AvgIpc) is 2.64. The summed E-state index contributed by atoms with van der Waals surface area (Å²) >= 11 is 0. The van der Waals surface area contributed by atoms with Crippen molar-refractivity contribution < 1.29 is 33.7 Å². The van der Waals surface area contributed by atoms with Gasteiger partial charge in [0.25, 0.3) is 0 Å². The lowest BCUT2D eigenvalue weighted by Gasteiger charge is -2.18. The van der Waals surface area contributed by atoms with E-state index in [1.165, 1.54) is 7.11 Å². The molecule has 8 heteroatoms. The highest BCUT2D eigenvalue weighted by Crippen LogP contribution is 2.31. The minimum absolute atomic E-state index is 0.00498. The van der Waals surface area contributed by atoms with E-state index in [1.54, 1.807) is 18.2 Å². The molecule has 1 atom stereocenters. The SMILES string of the molecule is CCC(N)C(=O)OC.O=C(O)CCC(=O)c1ccc2c(c1)OCCO2. The molecule has 0 fully saturated rings. The lowest BCUT2D eigenvalue weighted by atomic mass is 10.1. The van der Waals surface area contributed by atoms with Gasteiger partial charge in [-0.1, -0.05) is 6.92 Å². The van der Waals surface area contributed by atoms with Crippen LogP contribution in [0.4, 0.5) is 0 Å². The van der Waals surface area contributed by atoms with Crippen molar-refractivity contribution in [2.45, 2.75) is 32.2 Å². The number of benzene rings is 1. The summed E-state index contributed by atoms with van der Waals surface area (Å²) < 4.78 is 15.0. The van der Waals surface area contributed by atoms with Crippen LogP contribution in [0.15, 0.2) is 18.2 Å². The van der Waals surface area contributed by atoms with Gasteiger partial charge in [0.05, 0.1) is 13.5 Å². The number of methoxy groups -OCH3 is 1. The van der Waals surface area contributed by atoms with Gasteiger partial charge in [0, 0.05) is 12.0 Å². The Labute approximate surface area is 145 Å². The predicted octanol–water partition coefficient (Wildman–Crippen LogP) is 1.40. The van der Waals surface area contributed by atoms with E-state index in [1.807, 2.05) is 6.92 Å². The largest absolute Gasteiger partial charge is 0.486 e. The van der Waals surface area contributed by atoms with Crippen molar-refractivity contribution in [1.29, 1.82) is 0 Å². The molecule has 2 rings (SSSR count). The molecule has 1 aliphatic rings. The summed E-state index contributed by atoms with van der Waals surface area (Å²) in [6.07, 6.45) is 0.467. The van der Waals surface area contributed by atoms with Crippen LogP contribution in [0.3, 0.4) is 0 Å². The minimum atomic E-state index is -0.976. The Bertz CT molecular complexity index is 615. The van der Waals surface area contributed by atoms with Crippen LogP contribution >= 0.6 is 0 Å². The third kappa shape index (κ3) is 6.80. The molecule has 1 unspecified atom stereocenters. The third-order valence-electron chi connectivity index (χ3n) is 3.37. The number of hydrogen-bond acceptors (Lipinski definition) is 7. The number of nitrogens with two attached hydrogens (primary N) is 1. The van der Waals surface area contributed by atoms with Gasteiger partial charge in [0.1, 0.15) is 19.3 Å². The Balaban J connectivity index is 0.000000333. The molecule has 25 heavy (non-hydrogen) atoms. The second-order valence-corrected chi connectivity index (χ2v) is 5.21. The molecule has 0 aliphatic carbocycles. The molecule has 0 radical (unpaired) electrons. The Morgan fingerprint density at radius 1 is 1.20 bits per heavy atom. The van der Waals surface area contributed by atoms with Gasteiger partial charge in [-0.2, -0.15) is 0 Å². The fraction of sp³-hybridized carbons (Fsp3) is 0.471. The number of aliphatic carboxylic acids is 1. The maximum atomic E-state index is 11.7. The van der Waals surface area contributed by atoms with E-state index in [-0.39, 0.29) is 24.6 Å². The van der Waals surface area contributed by atoms with Crippen molar-refractivity contribution in [1.82, 2.24) is 0 Å². The van der Waals surface area contributed by atoms with Crippen LogP contribution in [0.1, 0.15) is 36.5 Å². The van der Waals surface area contributed by atoms with E-state index in [9.17, 15) is 14.4 Å². The van der Waals surface area contributed by atoms with E-state index >= 15 is 0 Å². The normalized spacial score (nSPS) is 13.1. The number of carboxylic acids is 1. The fourth-order valence-electron chi connectivity index (χ4n) is 1.90. The van der Waals surface area contributed by atoms with Crippen LogP contribution in [0.25, 0.3) is 0 Å². The van der Waals surface area contributed by atoms with Gasteiger partial charge < -0.3 is 25.1 Å². The average molecular weight is 353 g/mol. The predicted molar refractivity (Wildman–Crippen MR) is 88.9 cm³/mol. The Hall–Kier alpha value is -2.61. The summed E-state index contributed by atoms with van der Waals surface area (Å²) in [5.74, 6) is -0.365. The second kappa shape index (κ2) is 10.3. The number of Topliss-reactive ketones (excluding diaryl/α,β-unsaturated/α-hetero) is 1. The molecule has 8 nitrogen and oxygen atoms in total. The summed E-state index contributed by atoms with van der Waals surface area (Å²) in [7, 11) is 1.33. The van der Waals surface area contributed by atoms with Crippen LogP contribution in [0, 0.1) is 0 Å². The molecule has 1 aromatic carbocycles. The van der Waals surface area contributed by atoms with Gasteiger partial charge in [0.15, 0.2) is 17.3 Å². The topological polar surface area (TPSA) is 125 Å². The standard InChI is InChI=1S/C12H12O5.C5H11NO2/c13-9(2-4-12(14)15)8-1-3-10-11(7-8)17-6-5-16-10;1-3-4(6)5(7)8-2/h1,3,7H,2,4-6H2,(H,14,15);4H,3,6H2,1-2H3.